The van der Waals surface area contributed by atoms with Crippen LogP contribution in [0.4, 0.5) is 5.69 Å². The monoisotopic (exact) mass is 427 g/mol. The summed E-state index contributed by atoms with van der Waals surface area (Å²) in [5, 5.41) is 2.88. The summed E-state index contributed by atoms with van der Waals surface area (Å²) in [5.74, 6) is 0.667. The maximum atomic E-state index is 13.0. The molecule has 0 saturated carbocycles. The van der Waals surface area contributed by atoms with E-state index in [4.69, 9.17) is 9.72 Å². The Morgan fingerprint density at radius 3 is 2.68 bits per heavy atom. The Bertz CT molecular complexity index is 1240. The number of fused-ring (bicyclic) bond motifs is 1. The number of aromatic nitrogens is 2. The second kappa shape index (κ2) is 7.96. The quantitative estimate of drug-likeness (QED) is 0.432. The molecule has 0 bridgehead atoms. The molecule has 5 nitrogen and oxygen atoms in total. The van der Waals surface area contributed by atoms with Gasteiger partial charge < -0.3 is 9.64 Å². The Morgan fingerprint density at radius 1 is 1.06 bits per heavy atom. The lowest BCUT2D eigenvalue weighted by Gasteiger charge is -2.33. The first-order chi connectivity index (χ1) is 15.1. The number of ether oxygens (including phenoxy) is 1. The summed E-state index contributed by atoms with van der Waals surface area (Å²) in [6.45, 7) is 4.35. The first-order valence-electron chi connectivity index (χ1n) is 10.1. The molecule has 3 heterocycles. The van der Waals surface area contributed by atoms with Gasteiger partial charge in [0.25, 0.3) is 5.91 Å². The molecule has 154 valence electrons. The fourth-order valence-electron chi connectivity index (χ4n) is 3.62. The molecule has 4 aromatic rings. The van der Waals surface area contributed by atoms with E-state index in [1.54, 1.807) is 24.5 Å². The highest BCUT2D eigenvalue weighted by Gasteiger charge is 2.32. The smallest absolute Gasteiger partial charge is 0.268 e. The van der Waals surface area contributed by atoms with Gasteiger partial charge in [0.15, 0.2) is 6.10 Å². The van der Waals surface area contributed by atoms with Gasteiger partial charge in [0.1, 0.15) is 10.8 Å². The van der Waals surface area contributed by atoms with Gasteiger partial charge in [0.05, 0.1) is 23.6 Å². The average molecular weight is 428 g/mol. The van der Waals surface area contributed by atoms with Gasteiger partial charge in [-0.15, -0.1) is 11.3 Å². The number of amides is 1. The standard InChI is InChI=1S/C25H21N3O2S/c1-16-6-8-18(9-7-16)14-28-22-13-19(10-11-23(22)30-17(2)25(28)29)21-15-31-24(27-21)20-5-3-4-12-26-20/h3-13,15,17H,14H2,1-2H3. The normalized spacial score (nSPS) is 15.5. The number of nitrogens with zero attached hydrogens (tertiary/aromatic N) is 3. The second-order valence-corrected chi connectivity index (χ2v) is 8.46. The fourth-order valence-corrected chi connectivity index (χ4v) is 4.42. The van der Waals surface area contributed by atoms with Crippen molar-refractivity contribution in [1.82, 2.24) is 9.97 Å². The van der Waals surface area contributed by atoms with Crippen molar-refractivity contribution >= 4 is 22.9 Å². The molecule has 0 fully saturated rings. The Hall–Kier alpha value is -3.51. The van der Waals surface area contributed by atoms with Crippen molar-refractivity contribution in [3.8, 4) is 27.7 Å². The van der Waals surface area contributed by atoms with Gasteiger partial charge in [0, 0.05) is 17.1 Å². The molecule has 2 aromatic carbocycles. The largest absolute Gasteiger partial charge is 0.479 e. The lowest BCUT2D eigenvalue weighted by atomic mass is 10.1. The van der Waals surface area contributed by atoms with Gasteiger partial charge in [-0.1, -0.05) is 35.9 Å². The van der Waals surface area contributed by atoms with E-state index in [-0.39, 0.29) is 5.91 Å². The summed E-state index contributed by atoms with van der Waals surface area (Å²) in [6.07, 6.45) is 1.25. The molecule has 0 radical (unpaired) electrons. The summed E-state index contributed by atoms with van der Waals surface area (Å²) < 4.78 is 5.88. The topological polar surface area (TPSA) is 55.3 Å². The lowest BCUT2D eigenvalue weighted by molar-refractivity contribution is -0.125. The molecule has 5 rings (SSSR count). The van der Waals surface area contributed by atoms with Crippen LogP contribution in [0.3, 0.4) is 0 Å². The van der Waals surface area contributed by atoms with Crippen LogP contribution in [0.5, 0.6) is 5.75 Å². The number of pyridine rings is 1. The third-order valence-electron chi connectivity index (χ3n) is 5.31. The van der Waals surface area contributed by atoms with Crippen molar-refractivity contribution in [3.05, 3.63) is 83.4 Å². The molecule has 0 N–H and O–H groups in total. The molecular weight excluding hydrogens is 406 g/mol. The number of rotatable bonds is 4. The van der Waals surface area contributed by atoms with Gasteiger partial charge in [-0.05, 0) is 49.7 Å². The van der Waals surface area contributed by atoms with Crippen LogP contribution in [0, 0.1) is 6.92 Å². The number of anilines is 1. The second-order valence-electron chi connectivity index (χ2n) is 7.61. The molecule has 1 amide bonds. The van der Waals surface area contributed by atoms with E-state index in [0.717, 1.165) is 33.2 Å². The van der Waals surface area contributed by atoms with Crippen LogP contribution in [0.1, 0.15) is 18.1 Å². The Kier molecular flexibility index (Phi) is 5.00. The molecular formula is C25H21N3O2S. The van der Waals surface area contributed by atoms with Crippen LogP contribution in [-0.4, -0.2) is 22.0 Å². The predicted molar refractivity (Wildman–Crippen MR) is 123 cm³/mol. The van der Waals surface area contributed by atoms with E-state index >= 15 is 0 Å². The summed E-state index contributed by atoms with van der Waals surface area (Å²) in [7, 11) is 0. The van der Waals surface area contributed by atoms with Gasteiger partial charge in [-0.3, -0.25) is 9.78 Å². The SMILES string of the molecule is Cc1ccc(CN2C(=O)C(C)Oc3ccc(-c4csc(-c5ccccn5)n4)cc32)cc1. The highest BCUT2D eigenvalue weighted by molar-refractivity contribution is 7.13. The highest BCUT2D eigenvalue weighted by atomic mass is 32.1. The molecule has 1 unspecified atom stereocenters. The summed E-state index contributed by atoms with van der Waals surface area (Å²) >= 11 is 1.56. The van der Waals surface area contributed by atoms with Crippen LogP contribution in [0.25, 0.3) is 22.0 Å². The molecule has 6 heteroatoms. The summed E-state index contributed by atoms with van der Waals surface area (Å²) in [6, 6.07) is 20.0. The Balaban J connectivity index is 1.51. The summed E-state index contributed by atoms with van der Waals surface area (Å²) in [4.78, 5) is 23.9. The van der Waals surface area contributed by atoms with Crippen molar-refractivity contribution in [3.63, 3.8) is 0 Å². The van der Waals surface area contributed by atoms with Gasteiger partial charge in [-0.25, -0.2) is 4.98 Å². The molecule has 31 heavy (non-hydrogen) atoms. The minimum Gasteiger partial charge on any atom is -0.479 e. The number of carbonyl (C=O) groups excluding carboxylic acids is 1. The first kappa shape index (κ1) is 19.5. The van der Waals surface area contributed by atoms with E-state index in [9.17, 15) is 4.79 Å². The lowest BCUT2D eigenvalue weighted by Crippen LogP contribution is -2.44. The third-order valence-corrected chi connectivity index (χ3v) is 6.18. The zero-order chi connectivity index (χ0) is 21.4. The van der Waals surface area contributed by atoms with Crippen molar-refractivity contribution in [2.75, 3.05) is 4.90 Å². The molecule has 2 aromatic heterocycles. The molecule has 0 spiro atoms. The minimum atomic E-state index is -0.515. The highest BCUT2D eigenvalue weighted by Crippen LogP contribution is 2.39. The molecule has 1 atom stereocenters. The van der Waals surface area contributed by atoms with E-state index in [1.807, 2.05) is 46.7 Å². The van der Waals surface area contributed by atoms with Crippen molar-refractivity contribution in [2.24, 2.45) is 0 Å². The number of benzene rings is 2. The Labute approximate surface area is 185 Å². The number of hydrogen-bond donors (Lipinski definition) is 0. The number of thiazole rings is 1. The van der Waals surface area contributed by atoms with E-state index in [0.29, 0.717) is 12.3 Å². The third kappa shape index (κ3) is 3.82. The van der Waals surface area contributed by atoms with Crippen LogP contribution in [0.15, 0.2) is 72.2 Å². The van der Waals surface area contributed by atoms with Crippen molar-refractivity contribution < 1.29 is 9.53 Å². The fraction of sp³-hybridized carbons (Fsp3) is 0.160. The number of aryl methyl sites for hydroxylation is 1. The van der Waals surface area contributed by atoms with Crippen LogP contribution < -0.4 is 9.64 Å². The maximum absolute atomic E-state index is 13.0. The van der Waals surface area contributed by atoms with Crippen LogP contribution >= 0.6 is 11.3 Å². The van der Waals surface area contributed by atoms with E-state index in [1.165, 1.54) is 5.56 Å². The average Bonchev–Trinajstić information content (AvgIpc) is 3.29. The number of carbonyl (C=O) groups is 1. The van der Waals surface area contributed by atoms with Gasteiger partial charge >= 0.3 is 0 Å². The molecule has 1 aliphatic heterocycles. The molecule has 0 saturated heterocycles. The zero-order valence-electron chi connectivity index (χ0n) is 17.3. The summed E-state index contributed by atoms with van der Waals surface area (Å²) in [5.41, 5.74) is 5.70. The molecule has 0 aliphatic carbocycles. The van der Waals surface area contributed by atoms with Crippen LogP contribution in [0.2, 0.25) is 0 Å². The predicted octanol–water partition coefficient (Wildman–Crippen LogP) is 5.49. The first-order valence-corrected chi connectivity index (χ1v) is 11.0. The van der Waals surface area contributed by atoms with Gasteiger partial charge in [-0.2, -0.15) is 0 Å². The molecule has 1 aliphatic rings. The van der Waals surface area contributed by atoms with E-state index < -0.39 is 6.10 Å². The van der Waals surface area contributed by atoms with Gasteiger partial charge in [0.2, 0.25) is 0 Å². The Morgan fingerprint density at radius 2 is 1.90 bits per heavy atom. The van der Waals surface area contributed by atoms with Crippen molar-refractivity contribution in [2.45, 2.75) is 26.5 Å². The van der Waals surface area contributed by atoms with E-state index in [2.05, 4.69) is 36.2 Å². The van der Waals surface area contributed by atoms with Crippen LogP contribution in [-0.2, 0) is 11.3 Å². The zero-order valence-corrected chi connectivity index (χ0v) is 18.1. The number of hydrogen-bond acceptors (Lipinski definition) is 5. The maximum Gasteiger partial charge on any atom is 0.268 e. The minimum absolute atomic E-state index is 0.0438. The van der Waals surface area contributed by atoms with Crippen molar-refractivity contribution in [1.29, 1.82) is 0 Å².